The van der Waals surface area contributed by atoms with Crippen molar-refractivity contribution in [3.05, 3.63) is 71.4 Å². The van der Waals surface area contributed by atoms with E-state index in [4.69, 9.17) is 0 Å². The maximum absolute atomic E-state index is 13.2. The third-order valence-corrected chi connectivity index (χ3v) is 7.52. The molecule has 0 bridgehead atoms. The van der Waals surface area contributed by atoms with E-state index in [1.807, 2.05) is 37.8 Å². The molecule has 194 valence electrons. The second-order valence-electron chi connectivity index (χ2n) is 10.5. The van der Waals surface area contributed by atoms with E-state index in [0.29, 0.717) is 11.6 Å². The van der Waals surface area contributed by atoms with E-state index in [1.165, 1.54) is 17.7 Å². The number of carbonyl (C=O) groups excluding carboxylic acids is 1. The summed E-state index contributed by atoms with van der Waals surface area (Å²) >= 11 is 0. The van der Waals surface area contributed by atoms with E-state index in [0.717, 1.165) is 49.9 Å². The van der Waals surface area contributed by atoms with Gasteiger partial charge in [-0.3, -0.25) is 4.79 Å². The van der Waals surface area contributed by atoms with Gasteiger partial charge in [-0.2, -0.15) is 13.2 Å². The molecular formula is C29H36F3N3O. The molecule has 2 heterocycles. The molecule has 1 amide bonds. The maximum atomic E-state index is 13.2. The highest BCUT2D eigenvalue weighted by atomic mass is 19.4. The van der Waals surface area contributed by atoms with Crippen molar-refractivity contribution in [3.63, 3.8) is 0 Å². The number of alkyl halides is 3. The summed E-state index contributed by atoms with van der Waals surface area (Å²) in [6.45, 7) is 10.7. The smallest absolute Gasteiger partial charge is 0.342 e. The van der Waals surface area contributed by atoms with Gasteiger partial charge in [-0.25, -0.2) is 0 Å². The van der Waals surface area contributed by atoms with Gasteiger partial charge in [0.1, 0.15) is 0 Å². The van der Waals surface area contributed by atoms with Crippen molar-refractivity contribution in [1.29, 1.82) is 0 Å². The molecule has 1 N–H and O–H groups in total. The SMILES string of the molecule is CC1=CC(CN2CCC(c3cccc(NC(=O)C(C)C)c3)CC2)C(C)N1c1cccc(C(F)(F)F)c1. The van der Waals surface area contributed by atoms with Crippen LogP contribution in [0.5, 0.6) is 0 Å². The van der Waals surface area contributed by atoms with Crippen LogP contribution in [0.1, 0.15) is 57.6 Å². The fourth-order valence-electron chi connectivity index (χ4n) is 5.42. The minimum atomic E-state index is -4.35. The Kier molecular flexibility index (Phi) is 7.79. The van der Waals surface area contributed by atoms with Crippen LogP contribution in [0.2, 0.25) is 0 Å². The first-order valence-corrected chi connectivity index (χ1v) is 12.8. The zero-order valence-electron chi connectivity index (χ0n) is 21.5. The number of likely N-dealkylation sites (tertiary alicyclic amines) is 1. The van der Waals surface area contributed by atoms with Crippen LogP contribution < -0.4 is 10.2 Å². The minimum absolute atomic E-state index is 0.0233. The average Bonchev–Trinajstić information content (AvgIpc) is 3.11. The number of allylic oxidation sites excluding steroid dienone is 1. The van der Waals surface area contributed by atoms with E-state index < -0.39 is 11.7 Å². The summed E-state index contributed by atoms with van der Waals surface area (Å²) in [5.41, 5.74) is 3.10. The van der Waals surface area contributed by atoms with Gasteiger partial charge in [0.05, 0.1) is 5.56 Å². The predicted molar refractivity (Wildman–Crippen MR) is 139 cm³/mol. The van der Waals surface area contributed by atoms with Crippen LogP contribution in [0.3, 0.4) is 0 Å². The zero-order chi connectivity index (χ0) is 26.0. The largest absolute Gasteiger partial charge is 0.416 e. The van der Waals surface area contributed by atoms with Crippen LogP contribution in [0.4, 0.5) is 24.5 Å². The normalized spacial score (nSPS) is 21.7. The van der Waals surface area contributed by atoms with Crippen molar-refractivity contribution < 1.29 is 18.0 Å². The first-order valence-electron chi connectivity index (χ1n) is 12.8. The number of benzene rings is 2. The highest BCUT2D eigenvalue weighted by molar-refractivity contribution is 5.92. The van der Waals surface area contributed by atoms with Crippen LogP contribution in [0.25, 0.3) is 0 Å². The quantitative estimate of drug-likeness (QED) is 0.469. The van der Waals surface area contributed by atoms with Gasteiger partial charge >= 0.3 is 6.18 Å². The molecule has 0 spiro atoms. The molecule has 7 heteroatoms. The number of rotatable bonds is 6. The monoisotopic (exact) mass is 499 g/mol. The predicted octanol–water partition coefficient (Wildman–Crippen LogP) is 6.91. The van der Waals surface area contributed by atoms with Gasteiger partial charge in [-0.05, 0) is 81.6 Å². The maximum Gasteiger partial charge on any atom is 0.416 e. The van der Waals surface area contributed by atoms with Crippen LogP contribution in [0.15, 0.2) is 60.3 Å². The number of halogens is 3. The number of piperidine rings is 1. The summed E-state index contributed by atoms with van der Waals surface area (Å²) in [7, 11) is 0. The number of hydrogen-bond acceptors (Lipinski definition) is 3. The Hall–Kier alpha value is -2.80. The highest BCUT2D eigenvalue weighted by Gasteiger charge is 2.35. The minimum Gasteiger partial charge on any atom is -0.342 e. The van der Waals surface area contributed by atoms with E-state index in [9.17, 15) is 18.0 Å². The molecule has 2 aliphatic rings. The molecule has 0 aromatic heterocycles. The molecule has 1 saturated heterocycles. The van der Waals surface area contributed by atoms with Crippen LogP contribution in [-0.2, 0) is 11.0 Å². The standard InChI is InChI=1S/C29H36F3N3O/c1-19(2)28(36)33-26-9-5-7-23(16-26)22-11-13-34(14-12-22)18-24-15-20(3)35(21(24)4)27-10-6-8-25(17-27)29(30,31)32/h5-10,15-17,19,21-22,24H,11-14,18H2,1-4H3,(H,33,36). The molecule has 2 atom stereocenters. The molecule has 2 unspecified atom stereocenters. The van der Waals surface area contributed by atoms with E-state index in [-0.39, 0.29) is 23.8 Å². The average molecular weight is 500 g/mol. The summed E-state index contributed by atoms with van der Waals surface area (Å²) < 4.78 is 39.7. The summed E-state index contributed by atoms with van der Waals surface area (Å²) in [5, 5.41) is 2.99. The second kappa shape index (κ2) is 10.7. The van der Waals surface area contributed by atoms with Gasteiger partial charge in [-0.15, -0.1) is 0 Å². The molecule has 4 nitrogen and oxygen atoms in total. The second-order valence-corrected chi connectivity index (χ2v) is 10.5. The molecule has 36 heavy (non-hydrogen) atoms. The number of nitrogens with one attached hydrogen (secondary N) is 1. The fraction of sp³-hybridized carbons (Fsp3) is 0.483. The summed E-state index contributed by atoms with van der Waals surface area (Å²) in [4.78, 5) is 16.6. The lowest BCUT2D eigenvalue weighted by Crippen LogP contribution is -2.40. The lowest BCUT2D eigenvalue weighted by molar-refractivity contribution is -0.137. The Labute approximate surface area is 212 Å². The topological polar surface area (TPSA) is 35.6 Å². The molecule has 0 saturated carbocycles. The lowest BCUT2D eigenvalue weighted by Gasteiger charge is -2.36. The first kappa shape index (κ1) is 26.3. The summed E-state index contributed by atoms with van der Waals surface area (Å²) in [6, 6.07) is 13.9. The van der Waals surface area contributed by atoms with Crippen molar-refractivity contribution in [2.45, 2.75) is 58.7 Å². The van der Waals surface area contributed by atoms with E-state index in [1.54, 1.807) is 6.07 Å². The molecule has 2 aromatic carbocycles. The summed E-state index contributed by atoms with van der Waals surface area (Å²) in [6.07, 6.45) is -0.0524. The van der Waals surface area contributed by atoms with Gasteiger partial charge in [0.15, 0.2) is 0 Å². The van der Waals surface area contributed by atoms with Crippen molar-refractivity contribution in [2.75, 3.05) is 29.9 Å². The van der Waals surface area contributed by atoms with E-state index >= 15 is 0 Å². The highest BCUT2D eigenvalue weighted by Crippen LogP contribution is 2.38. The molecule has 0 radical (unpaired) electrons. The first-order chi connectivity index (χ1) is 17.0. The van der Waals surface area contributed by atoms with Gasteiger partial charge in [-0.1, -0.05) is 38.1 Å². The number of nitrogens with zero attached hydrogens (tertiary/aromatic N) is 2. The lowest BCUT2D eigenvalue weighted by atomic mass is 9.88. The van der Waals surface area contributed by atoms with Gasteiger partial charge in [0.25, 0.3) is 0 Å². The van der Waals surface area contributed by atoms with Crippen LogP contribution in [0, 0.1) is 11.8 Å². The van der Waals surface area contributed by atoms with E-state index in [2.05, 4.69) is 35.3 Å². The summed E-state index contributed by atoms with van der Waals surface area (Å²) in [5.74, 6) is 0.676. The Bertz CT molecular complexity index is 1100. The Morgan fingerprint density at radius 1 is 1.08 bits per heavy atom. The van der Waals surface area contributed by atoms with Crippen molar-refractivity contribution in [1.82, 2.24) is 4.90 Å². The Morgan fingerprint density at radius 2 is 1.78 bits per heavy atom. The van der Waals surface area contributed by atoms with Gasteiger partial charge in [0, 0.05) is 41.5 Å². The molecule has 1 fully saturated rings. The number of amides is 1. The van der Waals surface area contributed by atoms with Crippen molar-refractivity contribution in [3.8, 4) is 0 Å². The van der Waals surface area contributed by atoms with Crippen LogP contribution in [-0.4, -0.2) is 36.5 Å². The van der Waals surface area contributed by atoms with Crippen LogP contribution >= 0.6 is 0 Å². The number of hydrogen-bond donors (Lipinski definition) is 1. The van der Waals surface area contributed by atoms with Gasteiger partial charge in [0.2, 0.25) is 5.91 Å². The fourth-order valence-corrected chi connectivity index (χ4v) is 5.42. The van der Waals surface area contributed by atoms with Crippen molar-refractivity contribution >= 4 is 17.3 Å². The Balaban J connectivity index is 1.35. The molecule has 2 aromatic rings. The van der Waals surface area contributed by atoms with Crippen molar-refractivity contribution in [2.24, 2.45) is 11.8 Å². The van der Waals surface area contributed by atoms with Gasteiger partial charge < -0.3 is 15.1 Å². The third-order valence-electron chi connectivity index (χ3n) is 7.52. The molecule has 0 aliphatic carbocycles. The number of carbonyl (C=O) groups is 1. The molecular weight excluding hydrogens is 463 g/mol. The Morgan fingerprint density at radius 3 is 2.44 bits per heavy atom. The zero-order valence-corrected chi connectivity index (χ0v) is 21.5. The molecule has 2 aliphatic heterocycles. The number of anilines is 2. The third kappa shape index (κ3) is 5.94. The molecule has 4 rings (SSSR count).